The topological polar surface area (TPSA) is 35.0 Å². The zero-order chi connectivity index (χ0) is 15.1. The van der Waals surface area contributed by atoms with Crippen LogP contribution in [0.3, 0.4) is 0 Å². The van der Waals surface area contributed by atoms with Crippen molar-refractivity contribution in [3.63, 3.8) is 0 Å². The summed E-state index contributed by atoms with van der Waals surface area (Å²) in [5, 5.41) is 0.538. The molecule has 2 heterocycles. The summed E-state index contributed by atoms with van der Waals surface area (Å²) in [6.45, 7) is 6.58. The first-order chi connectivity index (χ1) is 9.43. The lowest BCUT2D eigenvalue weighted by Gasteiger charge is -2.02. The van der Waals surface area contributed by atoms with Gasteiger partial charge in [-0.05, 0) is 69.8 Å². The fourth-order valence-electron chi connectivity index (χ4n) is 1.25. The Morgan fingerprint density at radius 2 is 1.60 bits per heavy atom. The molecule has 6 heteroatoms. The Morgan fingerprint density at radius 3 is 2.05 bits per heavy atom. The van der Waals surface area contributed by atoms with Gasteiger partial charge in [0.25, 0.3) is 0 Å². The Labute approximate surface area is 141 Å². The molecule has 0 spiro atoms. The Hall–Kier alpha value is -0.650. The molecule has 0 aliphatic heterocycles. The van der Waals surface area contributed by atoms with Crippen LogP contribution in [-0.4, -0.2) is 16.6 Å². The van der Waals surface area contributed by atoms with Crippen molar-refractivity contribution in [1.29, 1.82) is 0 Å². The zero-order valence-corrected chi connectivity index (χ0v) is 15.4. The van der Waals surface area contributed by atoms with E-state index in [1.807, 2.05) is 32.9 Å². The van der Waals surface area contributed by atoms with Gasteiger partial charge in [-0.15, -0.1) is 0 Å². The number of hydrogen-bond donors (Lipinski definition) is 0. The van der Waals surface area contributed by atoms with Crippen LogP contribution in [0.4, 0.5) is 0 Å². The molecule has 3 nitrogen and oxygen atoms in total. The van der Waals surface area contributed by atoms with Crippen LogP contribution >= 0.6 is 43.5 Å². The number of hydrogen-bond acceptors (Lipinski definition) is 3. The molecule has 0 unspecified atom stereocenters. The normalized spacial score (nSPS) is 9.70. The largest absolute Gasteiger partial charge is 0.478 e. The van der Waals surface area contributed by atoms with Crippen LogP contribution < -0.4 is 4.74 Å². The van der Waals surface area contributed by atoms with E-state index in [1.54, 1.807) is 12.4 Å². The van der Waals surface area contributed by atoms with Crippen LogP contribution in [0, 0.1) is 13.8 Å². The molecule has 2 aromatic rings. The molecule has 0 aliphatic rings. The third-order valence-corrected chi connectivity index (χ3v) is 4.19. The van der Waals surface area contributed by atoms with Crippen LogP contribution in [0.15, 0.2) is 33.5 Å². The highest BCUT2D eigenvalue weighted by molar-refractivity contribution is 9.10. The molecular weight excluding hydrogens is 407 g/mol. The van der Waals surface area contributed by atoms with Gasteiger partial charge in [-0.3, -0.25) is 0 Å². The lowest BCUT2D eigenvalue weighted by Crippen LogP contribution is -1.94. The number of pyridine rings is 2. The first-order valence-electron chi connectivity index (χ1n) is 5.96. The predicted molar refractivity (Wildman–Crippen MR) is 89.5 cm³/mol. The van der Waals surface area contributed by atoms with E-state index in [4.69, 9.17) is 16.3 Å². The lowest BCUT2D eigenvalue weighted by atomic mass is 10.3. The van der Waals surface area contributed by atoms with E-state index in [1.165, 1.54) is 0 Å². The maximum Gasteiger partial charge on any atom is 0.213 e. The molecule has 0 fully saturated rings. The molecule has 0 aromatic carbocycles. The molecule has 0 aliphatic carbocycles. The first-order valence-corrected chi connectivity index (χ1v) is 7.93. The standard InChI is InChI=1S/C8H10BrNO.C6H5BrClN/c1-3-11-8-4-6(2)7(9)5-10-8;1-4-2-6(8)9-3-5(4)7/h4-5H,3H2,1-2H3;2-3H,1H3. The predicted octanol–water partition coefficient (Wildman–Crippen LogP) is 5.36. The van der Waals surface area contributed by atoms with Gasteiger partial charge in [0.05, 0.1) is 6.61 Å². The van der Waals surface area contributed by atoms with Gasteiger partial charge < -0.3 is 4.74 Å². The SMILES string of the molecule is CCOc1cc(C)c(Br)cn1.Cc1cc(Cl)ncc1Br. The second-order valence-electron chi connectivity index (χ2n) is 3.96. The van der Waals surface area contributed by atoms with Crippen molar-refractivity contribution in [2.24, 2.45) is 0 Å². The van der Waals surface area contributed by atoms with Crippen LogP contribution in [0.1, 0.15) is 18.1 Å². The van der Waals surface area contributed by atoms with Crippen LogP contribution in [0.25, 0.3) is 0 Å². The monoisotopic (exact) mass is 420 g/mol. The number of aryl methyl sites for hydroxylation is 2. The Morgan fingerprint density at radius 1 is 1.05 bits per heavy atom. The molecule has 2 rings (SSSR count). The molecule has 0 saturated carbocycles. The van der Waals surface area contributed by atoms with Crippen LogP contribution in [0.2, 0.25) is 5.15 Å². The maximum absolute atomic E-state index is 5.58. The van der Waals surface area contributed by atoms with Crippen molar-refractivity contribution >= 4 is 43.5 Å². The number of rotatable bonds is 2. The molecule has 0 amide bonds. The zero-order valence-electron chi connectivity index (χ0n) is 11.5. The second-order valence-corrected chi connectivity index (χ2v) is 6.06. The maximum atomic E-state index is 5.58. The highest BCUT2D eigenvalue weighted by Crippen LogP contribution is 2.18. The van der Waals surface area contributed by atoms with Crippen molar-refractivity contribution in [2.75, 3.05) is 6.61 Å². The first kappa shape index (κ1) is 17.4. The van der Waals surface area contributed by atoms with Crippen LogP contribution in [0.5, 0.6) is 5.88 Å². The molecule has 108 valence electrons. The Balaban J connectivity index is 0.000000204. The lowest BCUT2D eigenvalue weighted by molar-refractivity contribution is 0.326. The third kappa shape index (κ3) is 5.77. The minimum atomic E-state index is 0.538. The quantitative estimate of drug-likeness (QED) is 0.612. The molecule has 0 N–H and O–H groups in total. The molecule has 20 heavy (non-hydrogen) atoms. The van der Waals surface area contributed by atoms with E-state index in [0.29, 0.717) is 17.6 Å². The van der Waals surface area contributed by atoms with E-state index >= 15 is 0 Å². The Bertz CT molecular complexity index is 579. The van der Waals surface area contributed by atoms with Crippen molar-refractivity contribution in [2.45, 2.75) is 20.8 Å². The summed E-state index contributed by atoms with van der Waals surface area (Å²) < 4.78 is 7.22. The number of aromatic nitrogens is 2. The molecule has 0 radical (unpaired) electrons. The minimum Gasteiger partial charge on any atom is -0.478 e. The smallest absolute Gasteiger partial charge is 0.213 e. The summed E-state index contributed by atoms with van der Waals surface area (Å²) in [5.74, 6) is 0.688. The summed E-state index contributed by atoms with van der Waals surface area (Å²) in [4.78, 5) is 7.92. The van der Waals surface area contributed by atoms with Gasteiger partial charge in [0.1, 0.15) is 5.15 Å². The van der Waals surface area contributed by atoms with Crippen molar-refractivity contribution < 1.29 is 4.74 Å². The molecule has 0 saturated heterocycles. The minimum absolute atomic E-state index is 0.538. The van der Waals surface area contributed by atoms with E-state index in [9.17, 15) is 0 Å². The molecule has 0 atom stereocenters. The van der Waals surface area contributed by atoms with Crippen LogP contribution in [-0.2, 0) is 0 Å². The number of nitrogens with zero attached hydrogens (tertiary/aromatic N) is 2. The van der Waals surface area contributed by atoms with E-state index in [2.05, 4.69) is 41.8 Å². The molecule has 0 bridgehead atoms. The van der Waals surface area contributed by atoms with Crippen molar-refractivity contribution in [1.82, 2.24) is 9.97 Å². The summed E-state index contributed by atoms with van der Waals surface area (Å²) in [6.07, 6.45) is 3.44. The van der Waals surface area contributed by atoms with E-state index in [-0.39, 0.29) is 0 Å². The third-order valence-electron chi connectivity index (χ3n) is 2.33. The number of ether oxygens (including phenoxy) is 1. The fourth-order valence-corrected chi connectivity index (χ4v) is 1.89. The summed E-state index contributed by atoms with van der Waals surface area (Å²) >= 11 is 12.3. The highest BCUT2D eigenvalue weighted by Gasteiger charge is 1.97. The van der Waals surface area contributed by atoms with Gasteiger partial charge in [0.2, 0.25) is 5.88 Å². The summed E-state index contributed by atoms with van der Waals surface area (Å²) in [6, 6.07) is 3.72. The van der Waals surface area contributed by atoms with Crippen molar-refractivity contribution in [3.05, 3.63) is 49.8 Å². The van der Waals surface area contributed by atoms with Gasteiger partial charge >= 0.3 is 0 Å². The second kappa shape index (κ2) is 8.60. The van der Waals surface area contributed by atoms with E-state index in [0.717, 1.165) is 20.1 Å². The average Bonchev–Trinajstić information content (AvgIpc) is 2.40. The average molecular weight is 423 g/mol. The van der Waals surface area contributed by atoms with Gasteiger partial charge in [-0.25, -0.2) is 9.97 Å². The van der Waals surface area contributed by atoms with Gasteiger partial charge in [0, 0.05) is 27.4 Å². The van der Waals surface area contributed by atoms with Gasteiger partial charge in [-0.2, -0.15) is 0 Å². The van der Waals surface area contributed by atoms with Gasteiger partial charge in [0.15, 0.2) is 0 Å². The summed E-state index contributed by atoms with van der Waals surface area (Å²) in [7, 11) is 0. The molecule has 2 aromatic heterocycles. The van der Waals surface area contributed by atoms with Crippen molar-refractivity contribution in [3.8, 4) is 5.88 Å². The van der Waals surface area contributed by atoms with Gasteiger partial charge in [-0.1, -0.05) is 11.6 Å². The van der Waals surface area contributed by atoms with E-state index < -0.39 is 0 Å². The summed E-state index contributed by atoms with van der Waals surface area (Å²) in [5.41, 5.74) is 2.25. The Kier molecular flexibility index (Phi) is 7.48. The highest BCUT2D eigenvalue weighted by atomic mass is 79.9. The number of halogens is 3. The molecular formula is C14H15Br2ClN2O. The fraction of sp³-hybridized carbons (Fsp3) is 0.286.